The number of allylic oxidation sites excluding steroid dienone is 1. The van der Waals surface area contributed by atoms with E-state index >= 15 is 0 Å². The molecule has 0 radical (unpaired) electrons. The summed E-state index contributed by atoms with van der Waals surface area (Å²) in [5.74, 6) is -0.334. The monoisotopic (exact) mass is 218 g/mol. The molecule has 4 heteroatoms. The number of anilines is 2. The van der Waals surface area contributed by atoms with Gasteiger partial charge in [-0.1, -0.05) is 12.1 Å². The van der Waals surface area contributed by atoms with Crippen molar-refractivity contribution in [1.29, 1.82) is 0 Å². The van der Waals surface area contributed by atoms with Crippen molar-refractivity contribution in [3.63, 3.8) is 0 Å². The van der Waals surface area contributed by atoms with Crippen LogP contribution in [0, 0.1) is 0 Å². The lowest BCUT2D eigenvalue weighted by Gasteiger charge is -2.05. The summed E-state index contributed by atoms with van der Waals surface area (Å²) in [6.45, 7) is 3.21. The summed E-state index contributed by atoms with van der Waals surface area (Å²) in [7, 11) is 0. The Hall–Kier alpha value is -2.10. The number of carbonyl (C=O) groups is 2. The Labute approximate surface area is 94.4 Å². The van der Waals surface area contributed by atoms with Crippen LogP contribution < -0.4 is 10.6 Å². The first-order valence-corrected chi connectivity index (χ1v) is 4.93. The van der Waals surface area contributed by atoms with Crippen LogP contribution in [0.2, 0.25) is 0 Å². The minimum Gasteiger partial charge on any atom is -0.326 e. The zero-order valence-corrected chi connectivity index (χ0v) is 9.28. The highest BCUT2D eigenvalue weighted by molar-refractivity contribution is 5.99. The SMILES string of the molecule is CC=CC(=O)Nc1cccc(NC(C)=O)c1. The lowest BCUT2D eigenvalue weighted by Crippen LogP contribution is -2.09. The molecular weight excluding hydrogens is 204 g/mol. The van der Waals surface area contributed by atoms with Gasteiger partial charge in [0.1, 0.15) is 0 Å². The van der Waals surface area contributed by atoms with Crippen LogP contribution in [0.4, 0.5) is 11.4 Å². The molecule has 1 aromatic rings. The molecule has 0 unspecified atom stereocenters. The van der Waals surface area contributed by atoms with E-state index in [1.807, 2.05) is 0 Å². The van der Waals surface area contributed by atoms with Crippen molar-refractivity contribution in [3.8, 4) is 0 Å². The van der Waals surface area contributed by atoms with Crippen molar-refractivity contribution in [2.45, 2.75) is 13.8 Å². The van der Waals surface area contributed by atoms with Crippen LogP contribution in [-0.2, 0) is 9.59 Å². The van der Waals surface area contributed by atoms with Crippen LogP contribution in [0.5, 0.6) is 0 Å². The number of rotatable bonds is 3. The quantitative estimate of drug-likeness (QED) is 0.764. The van der Waals surface area contributed by atoms with Gasteiger partial charge in [0.15, 0.2) is 0 Å². The highest BCUT2D eigenvalue weighted by Crippen LogP contribution is 2.14. The van der Waals surface area contributed by atoms with E-state index in [4.69, 9.17) is 0 Å². The van der Waals surface area contributed by atoms with Crippen molar-refractivity contribution >= 4 is 23.2 Å². The molecular formula is C12H14N2O2. The molecule has 0 bridgehead atoms. The number of hydrogen-bond acceptors (Lipinski definition) is 2. The molecule has 1 aromatic carbocycles. The van der Waals surface area contributed by atoms with Gasteiger partial charge in [0.25, 0.3) is 0 Å². The van der Waals surface area contributed by atoms with Gasteiger partial charge in [-0.3, -0.25) is 9.59 Å². The third kappa shape index (κ3) is 3.96. The molecule has 2 N–H and O–H groups in total. The third-order valence-electron chi connectivity index (χ3n) is 1.77. The minimum atomic E-state index is -0.192. The first kappa shape index (κ1) is 12.0. The summed E-state index contributed by atoms with van der Waals surface area (Å²) in [5.41, 5.74) is 1.31. The highest BCUT2D eigenvalue weighted by atomic mass is 16.2. The predicted molar refractivity (Wildman–Crippen MR) is 64.2 cm³/mol. The van der Waals surface area contributed by atoms with Gasteiger partial charge >= 0.3 is 0 Å². The van der Waals surface area contributed by atoms with Crippen molar-refractivity contribution in [3.05, 3.63) is 36.4 Å². The standard InChI is InChI=1S/C12H14N2O2/c1-3-5-12(16)14-11-7-4-6-10(8-11)13-9(2)15/h3-8H,1-2H3,(H,13,15)(H,14,16). The summed E-state index contributed by atoms with van der Waals surface area (Å²) < 4.78 is 0. The maximum Gasteiger partial charge on any atom is 0.248 e. The summed E-state index contributed by atoms with van der Waals surface area (Å²) in [5, 5.41) is 5.32. The second-order valence-electron chi connectivity index (χ2n) is 3.25. The van der Waals surface area contributed by atoms with Crippen molar-refractivity contribution < 1.29 is 9.59 Å². The molecule has 0 aliphatic rings. The Kier molecular flexibility index (Phi) is 4.27. The van der Waals surface area contributed by atoms with E-state index in [0.717, 1.165) is 0 Å². The second kappa shape index (κ2) is 5.70. The van der Waals surface area contributed by atoms with Crippen molar-refractivity contribution in [1.82, 2.24) is 0 Å². The number of hydrogen-bond donors (Lipinski definition) is 2. The number of amides is 2. The van der Waals surface area contributed by atoms with E-state index in [1.165, 1.54) is 13.0 Å². The van der Waals surface area contributed by atoms with Gasteiger partial charge in [-0.05, 0) is 31.2 Å². The molecule has 0 atom stereocenters. The molecule has 0 aromatic heterocycles. The maximum atomic E-state index is 11.3. The molecule has 0 heterocycles. The molecule has 16 heavy (non-hydrogen) atoms. The lowest BCUT2D eigenvalue weighted by atomic mass is 10.2. The topological polar surface area (TPSA) is 58.2 Å². The lowest BCUT2D eigenvalue weighted by molar-refractivity contribution is -0.114. The zero-order valence-electron chi connectivity index (χ0n) is 9.28. The predicted octanol–water partition coefficient (Wildman–Crippen LogP) is 2.16. The zero-order chi connectivity index (χ0) is 12.0. The van der Waals surface area contributed by atoms with Crippen LogP contribution in [0.3, 0.4) is 0 Å². The normalized spacial score (nSPS) is 10.1. The van der Waals surface area contributed by atoms with Crippen LogP contribution in [0.25, 0.3) is 0 Å². The van der Waals surface area contributed by atoms with E-state index in [1.54, 1.807) is 37.3 Å². The Morgan fingerprint density at radius 3 is 2.38 bits per heavy atom. The molecule has 0 aliphatic carbocycles. The Morgan fingerprint density at radius 2 is 1.81 bits per heavy atom. The van der Waals surface area contributed by atoms with Crippen molar-refractivity contribution in [2.24, 2.45) is 0 Å². The van der Waals surface area contributed by atoms with Crippen LogP contribution in [0.15, 0.2) is 36.4 Å². The third-order valence-corrected chi connectivity index (χ3v) is 1.77. The first-order chi connectivity index (χ1) is 7.61. The minimum absolute atomic E-state index is 0.142. The summed E-state index contributed by atoms with van der Waals surface area (Å²) in [6.07, 6.45) is 3.10. The second-order valence-corrected chi connectivity index (χ2v) is 3.25. The summed E-state index contributed by atoms with van der Waals surface area (Å²) >= 11 is 0. The van der Waals surface area contributed by atoms with Crippen LogP contribution >= 0.6 is 0 Å². The van der Waals surface area contributed by atoms with Gasteiger partial charge in [0.05, 0.1) is 0 Å². The van der Waals surface area contributed by atoms with Crippen LogP contribution in [-0.4, -0.2) is 11.8 Å². The summed E-state index contributed by atoms with van der Waals surface area (Å²) in [4.78, 5) is 22.1. The Morgan fingerprint density at radius 1 is 1.19 bits per heavy atom. The van der Waals surface area contributed by atoms with Gasteiger partial charge in [-0.2, -0.15) is 0 Å². The molecule has 2 amide bonds. The molecule has 0 spiro atoms. The van der Waals surface area contributed by atoms with E-state index in [9.17, 15) is 9.59 Å². The largest absolute Gasteiger partial charge is 0.326 e. The van der Waals surface area contributed by atoms with E-state index in [-0.39, 0.29) is 11.8 Å². The summed E-state index contributed by atoms with van der Waals surface area (Å²) in [6, 6.07) is 6.97. The fourth-order valence-corrected chi connectivity index (χ4v) is 1.21. The van der Waals surface area contributed by atoms with E-state index in [2.05, 4.69) is 10.6 Å². The molecule has 84 valence electrons. The maximum absolute atomic E-state index is 11.3. The Balaban J connectivity index is 2.74. The first-order valence-electron chi connectivity index (χ1n) is 4.93. The van der Waals surface area contributed by atoms with E-state index in [0.29, 0.717) is 11.4 Å². The fraction of sp³-hybridized carbons (Fsp3) is 0.167. The molecule has 4 nitrogen and oxygen atoms in total. The highest BCUT2D eigenvalue weighted by Gasteiger charge is 1.99. The Bertz CT molecular complexity index is 425. The molecule has 0 fully saturated rings. The number of nitrogens with one attached hydrogen (secondary N) is 2. The van der Waals surface area contributed by atoms with Gasteiger partial charge in [-0.15, -0.1) is 0 Å². The number of benzene rings is 1. The van der Waals surface area contributed by atoms with Gasteiger partial charge in [0, 0.05) is 18.3 Å². The molecule has 0 aliphatic heterocycles. The van der Waals surface area contributed by atoms with Crippen LogP contribution in [0.1, 0.15) is 13.8 Å². The number of carbonyl (C=O) groups excluding carboxylic acids is 2. The van der Waals surface area contributed by atoms with Gasteiger partial charge < -0.3 is 10.6 Å². The van der Waals surface area contributed by atoms with Gasteiger partial charge in [-0.25, -0.2) is 0 Å². The molecule has 0 saturated carbocycles. The molecule has 0 saturated heterocycles. The average molecular weight is 218 g/mol. The van der Waals surface area contributed by atoms with Gasteiger partial charge in [0.2, 0.25) is 11.8 Å². The average Bonchev–Trinajstić information content (AvgIpc) is 2.17. The van der Waals surface area contributed by atoms with E-state index < -0.39 is 0 Å². The smallest absolute Gasteiger partial charge is 0.248 e. The molecule has 1 rings (SSSR count). The fourth-order valence-electron chi connectivity index (χ4n) is 1.21. The van der Waals surface area contributed by atoms with Crippen molar-refractivity contribution in [2.75, 3.05) is 10.6 Å².